The van der Waals surface area contributed by atoms with Gasteiger partial charge in [-0.15, -0.1) is 11.3 Å². The Labute approximate surface area is 124 Å². The Morgan fingerprint density at radius 2 is 1.90 bits per heavy atom. The van der Waals surface area contributed by atoms with E-state index >= 15 is 0 Å². The van der Waals surface area contributed by atoms with Gasteiger partial charge in [-0.05, 0) is 49.9 Å². The lowest BCUT2D eigenvalue weighted by Crippen LogP contribution is -2.10. The van der Waals surface area contributed by atoms with E-state index in [1.807, 2.05) is 12.3 Å². The maximum absolute atomic E-state index is 11.6. The lowest BCUT2D eigenvalue weighted by molar-refractivity contribution is -0.116. The molecular formula is C16H20N2OS. The molecule has 0 aliphatic rings. The minimum absolute atomic E-state index is 0.0326. The number of hydrogen-bond donors (Lipinski definition) is 1. The smallest absolute Gasteiger partial charge is 0.226 e. The molecule has 0 aliphatic carbocycles. The van der Waals surface area contributed by atoms with E-state index < -0.39 is 0 Å². The first kappa shape index (κ1) is 14.7. The summed E-state index contributed by atoms with van der Waals surface area (Å²) in [5.74, 6) is 0.0326. The second kappa shape index (κ2) is 6.18. The topological polar surface area (TPSA) is 42.0 Å². The summed E-state index contributed by atoms with van der Waals surface area (Å²) in [6.07, 6.45) is 1.39. The van der Waals surface area contributed by atoms with Crippen LogP contribution >= 0.6 is 11.3 Å². The number of rotatable bonds is 4. The Morgan fingerprint density at radius 1 is 1.20 bits per heavy atom. The second-order valence-corrected chi connectivity index (χ2v) is 5.95. The van der Waals surface area contributed by atoms with Crippen molar-refractivity contribution in [1.82, 2.24) is 4.98 Å². The van der Waals surface area contributed by atoms with E-state index in [1.54, 1.807) is 0 Å². The number of carbonyl (C=O) groups excluding carboxylic acids is 1. The Morgan fingerprint density at radius 3 is 2.60 bits per heavy atom. The van der Waals surface area contributed by atoms with Crippen LogP contribution in [0.3, 0.4) is 0 Å². The monoisotopic (exact) mass is 288 g/mol. The fraction of sp³-hybridized carbons (Fsp3) is 0.375. The van der Waals surface area contributed by atoms with Gasteiger partial charge in [-0.2, -0.15) is 0 Å². The fourth-order valence-electron chi connectivity index (χ4n) is 2.10. The van der Waals surface area contributed by atoms with Crippen molar-refractivity contribution in [3.63, 3.8) is 0 Å². The molecule has 0 saturated carbocycles. The molecule has 0 aliphatic heterocycles. The molecule has 2 rings (SSSR count). The number of hydrogen-bond acceptors (Lipinski definition) is 3. The fourth-order valence-corrected chi connectivity index (χ4v) is 2.83. The predicted molar refractivity (Wildman–Crippen MR) is 85.3 cm³/mol. The number of aromatic nitrogens is 1. The van der Waals surface area contributed by atoms with Crippen molar-refractivity contribution in [2.75, 3.05) is 5.32 Å². The average Bonchev–Trinajstić information content (AvgIpc) is 2.82. The molecule has 0 unspecified atom stereocenters. The van der Waals surface area contributed by atoms with Gasteiger partial charge in [-0.25, -0.2) is 4.98 Å². The number of amides is 1. The molecule has 0 atom stereocenters. The SMILES string of the molecule is CCCC(=O)Nc1nc(-c2cc(C)c(C)cc2C)cs1. The molecule has 1 aromatic carbocycles. The first-order valence-corrected chi connectivity index (χ1v) is 7.72. The number of benzene rings is 1. The Bertz CT molecular complexity index is 631. The number of aryl methyl sites for hydroxylation is 3. The zero-order valence-electron chi connectivity index (χ0n) is 12.4. The number of anilines is 1. The summed E-state index contributed by atoms with van der Waals surface area (Å²) in [6, 6.07) is 4.34. The van der Waals surface area contributed by atoms with E-state index in [9.17, 15) is 4.79 Å². The molecule has 0 fully saturated rings. The van der Waals surface area contributed by atoms with Gasteiger partial charge in [-0.1, -0.05) is 13.0 Å². The average molecular weight is 288 g/mol. The third-order valence-electron chi connectivity index (χ3n) is 3.34. The Balaban J connectivity index is 2.25. The summed E-state index contributed by atoms with van der Waals surface area (Å²) >= 11 is 1.47. The summed E-state index contributed by atoms with van der Waals surface area (Å²) in [4.78, 5) is 16.1. The van der Waals surface area contributed by atoms with Crippen LogP contribution in [0.15, 0.2) is 17.5 Å². The predicted octanol–water partition coefficient (Wildman–Crippen LogP) is 4.47. The molecule has 1 aromatic heterocycles. The molecule has 3 nitrogen and oxygen atoms in total. The van der Waals surface area contributed by atoms with E-state index in [0.29, 0.717) is 11.6 Å². The molecule has 0 spiro atoms. The molecule has 0 bridgehead atoms. The molecular weight excluding hydrogens is 268 g/mol. The highest BCUT2D eigenvalue weighted by Crippen LogP contribution is 2.29. The van der Waals surface area contributed by atoms with E-state index in [4.69, 9.17) is 0 Å². The molecule has 106 valence electrons. The molecule has 4 heteroatoms. The zero-order chi connectivity index (χ0) is 14.7. The van der Waals surface area contributed by atoms with Gasteiger partial charge in [0, 0.05) is 17.4 Å². The van der Waals surface area contributed by atoms with Gasteiger partial charge in [0.25, 0.3) is 0 Å². The van der Waals surface area contributed by atoms with Crippen molar-refractivity contribution < 1.29 is 4.79 Å². The third-order valence-corrected chi connectivity index (χ3v) is 4.10. The first-order valence-electron chi connectivity index (χ1n) is 6.85. The highest BCUT2D eigenvalue weighted by Gasteiger charge is 2.10. The van der Waals surface area contributed by atoms with Crippen LogP contribution in [-0.2, 0) is 4.79 Å². The van der Waals surface area contributed by atoms with Gasteiger partial charge >= 0.3 is 0 Å². The highest BCUT2D eigenvalue weighted by molar-refractivity contribution is 7.14. The molecule has 0 radical (unpaired) electrons. The lowest BCUT2D eigenvalue weighted by atomic mass is 9.99. The van der Waals surface area contributed by atoms with Gasteiger partial charge < -0.3 is 5.32 Å². The standard InChI is InChI=1S/C16H20N2OS/c1-5-6-15(19)18-16-17-14(9-20-16)13-8-11(3)10(2)7-12(13)4/h7-9H,5-6H2,1-4H3,(H,17,18,19). The maximum Gasteiger partial charge on any atom is 0.226 e. The number of thiazole rings is 1. The largest absolute Gasteiger partial charge is 0.302 e. The quantitative estimate of drug-likeness (QED) is 0.901. The van der Waals surface area contributed by atoms with Crippen molar-refractivity contribution in [1.29, 1.82) is 0 Å². The lowest BCUT2D eigenvalue weighted by Gasteiger charge is -2.07. The molecule has 2 aromatic rings. The van der Waals surface area contributed by atoms with Gasteiger partial charge in [0.1, 0.15) is 0 Å². The van der Waals surface area contributed by atoms with Crippen LogP contribution in [0.2, 0.25) is 0 Å². The minimum atomic E-state index is 0.0326. The summed E-state index contributed by atoms with van der Waals surface area (Å²) < 4.78 is 0. The van der Waals surface area contributed by atoms with E-state index in [1.165, 1.54) is 28.0 Å². The minimum Gasteiger partial charge on any atom is -0.302 e. The van der Waals surface area contributed by atoms with E-state index in [2.05, 4.69) is 43.2 Å². The van der Waals surface area contributed by atoms with Crippen LogP contribution < -0.4 is 5.32 Å². The van der Waals surface area contributed by atoms with Crippen molar-refractivity contribution in [3.05, 3.63) is 34.2 Å². The highest BCUT2D eigenvalue weighted by atomic mass is 32.1. The van der Waals surface area contributed by atoms with Crippen LogP contribution in [-0.4, -0.2) is 10.9 Å². The molecule has 20 heavy (non-hydrogen) atoms. The van der Waals surface area contributed by atoms with Crippen LogP contribution in [0.1, 0.15) is 36.5 Å². The zero-order valence-corrected chi connectivity index (χ0v) is 13.2. The second-order valence-electron chi connectivity index (χ2n) is 5.09. The van der Waals surface area contributed by atoms with Crippen LogP contribution in [0, 0.1) is 20.8 Å². The summed E-state index contributed by atoms with van der Waals surface area (Å²) in [7, 11) is 0. The maximum atomic E-state index is 11.6. The van der Waals surface area contributed by atoms with Crippen molar-refractivity contribution >= 4 is 22.4 Å². The third kappa shape index (κ3) is 3.25. The van der Waals surface area contributed by atoms with E-state index in [-0.39, 0.29) is 5.91 Å². The van der Waals surface area contributed by atoms with Gasteiger partial charge in [0.2, 0.25) is 5.91 Å². The van der Waals surface area contributed by atoms with Crippen LogP contribution in [0.4, 0.5) is 5.13 Å². The number of carbonyl (C=O) groups is 1. The number of nitrogens with one attached hydrogen (secondary N) is 1. The van der Waals surface area contributed by atoms with E-state index in [0.717, 1.165) is 17.7 Å². The summed E-state index contributed by atoms with van der Waals surface area (Å²) in [6.45, 7) is 8.31. The first-order chi connectivity index (χ1) is 9.51. The van der Waals surface area contributed by atoms with Crippen molar-refractivity contribution in [3.8, 4) is 11.3 Å². The van der Waals surface area contributed by atoms with Gasteiger partial charge in [0.15, 0.2) is 5.13 Å². The molecule has 1 heterocycles. The normalized spacial score (nSPS) is 10.6. The van der Waals surface area contributed by atoms with Crippen LogP contribution in [0.5, 0.6) is 0 Å². The van der Waals surface area contributed by atoms with Gasteiger partial charge in [0.05, 0.1) is 5.69 Å². The van der Waals surface area contributed by atoms with Gasteiger partial charge in [-0.3, -0.25) is 4.79 Å². The molecule has 0 saturated heterocycles. The van der Waals surface area contributed by atoms with Crippen molar-refractivity contribution in [2.45, 2.75) is 40.5 Å². The Kier molecular flexibility index (Phi) is 4.55. The van der Waals surface area contributed by atoms with Crippen LogP contribution in [0.25, 0.3) is 11.3 Å². The number of nitrogens with zero attached hydrogens (tertiary/aromatic N) is 1. The Hall–Kier alpha value is -1.68. The molecule has 1 N–H and O–H groups in total. The summed E-state index contributed by atoms with van der Waals surface area (Å²) in [5.41, 5.74) is 5.83. The summed E-state index contributed by atoms with van der Waals surface area (Å²) in [5, 5.41) is 5.52. The van der Waals surface area contributed by atoms with Crippen molar-refractivity contribution in [2.24, 2.45) is 0 Å². The molecule has 1 amide bonds.